The molecule has 0 fully saturated rings. The number of nitrogens with zero attached hydrogens (tertiary/aromatic N) is 1. The summed E-state index contributed by atoms with van der Waals surface area (Å²) in [6.45, 7) is 8.31. The first-order chi connectivity index (χ1) is 4.84. The van der Waals surface area contributed by atoms with Crippen LogP contribution in [0.4, 0.5) is 0 Å². The van der Waals surface area contributed by atoms with Gasteiger partial charge in [-0.1, -0.05) is 20.8 Å². The summed E-state index contributed by atoms with van der Waals surface area (Å²) in [7, 11) is 0. The van der Waals surface area contributed by atoms with Crippen molar-refractivity contribution in [2.24, 2.45) is 4.99 Å². The Morgan fingerprint density at radius 3 is 2.40 bits per heavy atom. The predicted octanol–water partition coefficient (Wildman–Crippen LogP) is 2.06. The summed E-state index contributed by atoms with van der Waals surface area (Å²) in [5, 5.41) is 3.13. The molecule has 2 atom stereocenters. The van der Waals surface area contributed by atoms with Crippen LogP contribution in [0.3, 0.4) is 0 Å². The third-order valence-electron chi connectivity index (χ3n) is 1.60. The molecule has 2 unspecified atom stereocenters. The zero-order chi connectivity index (χ0) is 7.98. The van der Waals surface area contributed by atoms with Crippen LogP contribution in [0.25, 0.3) is 0 Å². The van der Waals surface area contributed by atoms with Gasteiger partial charge in [-0.2, -0.15) is 0 Å². The second kappa shape index (κ2) is 5.27. The number of rotatable bonds is 1. The highest BCUT2D eigenvalue weighted by molar-refractivity contribution is 5.58. The summed E-state index contributed by atoms with van der Waals surface area (Å²) in [5.41, 5.74) is 0. The lowest BCUT2D eigenvalue weighted by molar-refractivity contribution is 0.549. The molecule has 10 heavy (non-hydrogen) atoms. The van der Waals surface area contributed by atoms with Crippen LogP contribution in [0.15, 0.2) is 4.99 Å². The van der Waals surface area contributed by atoms with E-state index in [4.69, 9.17) is 0 Å². The van der Waals surface area contributed by atoms with Crippen LogP contribution in [0.1, 0.15) is 35.5 Å². The second-order valence-electron chi connectivity index (χ2n) is 2.21. The van der Waals surface area contributed by atoms with Gasteiger partial charge >= 0.3 is 0 Å². The van der Waals surface area contributed by atoms with E-state index in [1.54, 1.807) is 6.34 Å². The fraction of sp³-hybridized carbons (Fsp3) is 0.875. The van der Waals surface area contributed by atoms with Gasteiger partial charge in [-0.05, 0) is 13.3 Å². The fourth-order valence-corrected chi connectivity index (χ4v) is 0.955. The number of aliphatic imine (C=N–C) groups is 1. The van der Waals surface area contributed by atoms with Crippen LogP contribution in [-0.2, 0) is 0 Å². The Morgan fingerprint density at radius 1 is 1.60 bits per heavy atom. The van der Waals surface area contributed by atoms with E-state index in [1.807, 2.05) is 13.8 Å². The van der Waals surface area contributed by atoms with E-state index in [0.29, 0.717) is 12.1 Å². The monoisotopic (exact) mass is 144 g/mol. The van der Waals surface area contributed by atoms with Crippen LogP contribution in [0.2, 0.25) is 0 Å². The topological polar surface area (TPSA) is 24.4 Å². The first-order valence-corrected chi connectivity index (χ1v) is 4.12. The highest BCUT2D eigenvalue weighted by atomic mass is 15.1. The molecule has 2 nitrogen and oxygen atoms in total. The Kier molecular flexibility index (Phi) is 4.99. The van der Waals surface area contributed by atoms with Gasteiger partial charge in [0.25, 0.3) is 0 Å². The Bertz CT molecular complexity index is 104. The Hall–Kier alpha value is -0.530. The fourth-order valence-electron chi connectivity index (χ4n) is 0.955. The zero-order valence-corrected chi connectivity index (χ0v) is 7.39. The molecule has 1 rings (SSSR count). The molecule has 0 amide bonds. The average molecular weight is 144 g/mol. The molecular weight excluding hydrogens is 124 g/mol. The molecule has 0 aliphatic carbocycles. The third kappa shape index (κ3) is 2.38. The minimum atomic E-state index is 0. The van der Waals surface area contributed by atoms with Crippen LogP contribution in [0, 0.1) is 0 Å². The molecule has 2 heteroatoms. The molecule has 0 aromatic heterocycles. The minimum absolute atomic E-state index is 0. The smallest absolute Gasteiger partial charge is 0.0831 e. The molecule has 1 N–H and O–H groups in total. The lowest BCUT2D eigenvalue weighted by Crippen LogP contribution is -2.27. The predicted molar refractivity (Wildman–Crippen MR) is 48.6 cm³/mol. The summed E-state index contributed by atoms with van der Waals surface area (Å²) >= 11 is 0. The molecule has 1 heterocycles. The second-order valence-corrected chi connectivity index (χ2v) is 2.21. The zero-order valence-electron chi connectivity index (χ0n) is 7.39. The van der Waals surface area contributed by atoms with E-state index in [2.05, 4.69) is 24.2 Å². The molecule has 0 aromatic carbocycles. The Balaban J connectivity index is 0. The van der Waals surface area contributed by atoms with E-state index < -0.39 is 0 Å². The quantitative estimate of drug-likeness (QED) is 0.598. The van der Waals surface area contributed by atoms with E-state index in [1.165, 1.54) is 0 Å². The number of hydrogen-bond donors (Lipinski definition) is 1. The highest BCUT2D eigenvalue weighted by Crippen LogP contribution is 2.05. The van der Waals surface area contributed by atoms with E-state index in [9.17, 15) is 0 Å². The molecule has 0 bridgehead atoms. The van der Waals surface area contributed by atoms with Gasteiger partial charge in [-0.15, -0.1) is 0 Å². The normalized spacial score (nSPS) is 28.8. The molecule has 0 radical (unpaired) electrons. The van der Waals surface area contributed by atoms with Crippen LogP contribution in [0.5, 0.6) is 0 Å². The van der Waals surface area contributed by atoms with Crippen LogP contribution in [-0.4, -0.2) is 18.4 Å². The van der Waals surface area contributed by atoms with Gasteiger partial charge in [-0.3, -0.25) is 4.99 Å². The highest BCUT2D eigenvalue weighted by Gasteiger charge is 2.15. The first kappa shape index (κ1) is 9.47. The largest absolute Gasteiger partial charge is 0.372 e. The molecule has 0 saturated heterocycles. The van der Waals surface area contributed by atoms with Crippen molar-refractivity contribution in [1.82, 2.24) is 5.32 Å². The first-order valence-electron chi connectivity index (χ1n) is 4.12. The van der Waals surface area contributed by atoms with E-state index in [-0.39, 0.29) is 1.43 Å². The lowest BCUT2D eigenvalue weighted by atomic mass is 10.1. The van der Waals surface area contributed by atoms with Crippen molar-refractivity contribution in [3.63, 3.8) is 0 Å². The molecular formula is C8H20N2. The van der Waals surface area contributed by atoms with Crippen molar-refractivity contribution in [2.45, 2.75) is 46.2 Å². The van der Waals surface area contributed by atoms with Crippen LogP contribution >= 0.6 is 0 Å². The molecule has 62 valence electrons. The maximum Gasteiger partial charge on any atom is 0.0831 e. The minimum Gasteiger partial charge on any atom is -0.372 e. The van der Waals surface area contributed by atoms with Gasteiger partial charge in [0, 0.05) is 7.47 Å². The number of hydrogen-bond acceptors (Lipinski definition) is 2. The molecule has 1 aliphatic heterocycles. The summed E-state index contributed by atoms with van der Waals surface area (Å²) < 4.78 is 0. The van der Waals surface area contributed by atoms with Crippen molar-refractivity contribution < 1.29 is 1.43 Å². The van der Waals surface area contributed by atoms with Gasteiger partial charge in [0.1, 0.15) is 0 Å². The van der Waals surface area contributed by atoms with Gasteiger partial charge in [0.2, 0.25) is 0 Å². The van der Waals surface area contributed by atoms with E-state index in [0.717, 1.165) is 6.42 Å². The summed E-state index contributed by atoms with van der Waals surface area (Å²) in [6.07, 6.45) is 2.95. The van der Waals surface area contributed by atoms with Crippen molar-refractivity contribution in [3.8, 4) is 0 Å². The Morgan fingerprint density at radius 2 is 2.20 bits per heavy atom. The van der Waals surface area contributed by atoms with Crippen molar-refractivity contribution in [2.75, 3.05) is 0 Å². The Labute approximate surface area is 65.2 Å². The SMILES string of the molecule is CC.CCC1N=CNC1C.[HH]. The van der Waals surface area contributed by atoms with Gasteiger partial charge in [0.05, 0.1) is 12.4 Å². The standard InChI is InChI=1S/C6H12N2.C2H6.H2/c1-3-6-5(2)7-4-8-6;1-2;/h4-6H,3H2,1-2H3,(H,7,8);1-2H3;1H. The third-order valence-corrected chi connectivity index (χ3v) is 1.60. The van der Waals surface area contributed by atoms with Gasteiger partial charge < -0.3 is 5.32 Å². The summed E-state index contributed by atoms with van der Waals surface area (Å²) in [6, 6.07) is 1.08. The lowest BCUT2D eigenvalue weighted by Gasteiger charge is -2.09. The maximum atomic E-state index is 4.20. The molecule has 0 spiro atoms. The summed E-state index contributed by atoms with van der Waals surface area (Å²) in [4.78, 5) is 4.20. The number of nitrogens with one attached hydrogen (secondary N) is 1. The molecule has 0 aromatic rings. The molecule has 0 saturated carbocycles. The van der Waals surface area contributed by atoms with Crippen molar-refractivity contribution >= 4 is 6.34 Å². The van der Waals surface area contributed by atoms with Crippen molar-refractivity contribution in [1.29, 1.82) is 0 Å². The van der Waals surface area contributed by atoms with E-state index >= 15 is 0 Å². The van der Waals surface area contributed by atoms with Gasteiger partial charge in [0.15, 0.2) is 0 Å². The maximum absolute atomic E-state index is 4.20. The van der Waals surface area contributed by atoms with Crippen molar-refractivity contribution in [3.05, 3.63) is 0 Å². The van der Waals surface area contributed by atoms with Crippen LogP contribution < -0.4 is 5.32 Å². The average Bonchev–Trinajstić information content (AvgIpc) is 2.39. The summed E-state index contributed by atoms with van der Waals surface area (Å²) in [5.74, 6) is 0. The molecule has 1 aliphatic rings. The van der Waals surface area contributed by atoms with Gasteiger partial charge in [-0.25, -0.2) is 0 Å².